The number of nitrogens with one attached hydrogen (secondary N) is 1. The first-order valence-electron chi connectivity index (χ1n) is 8.43. The molecule has 0 bridgehead atoms. The van der Waals surface area contributed by atoms with Crippen molar-refractivity contribution in [1.29, 1.82) is 0 Å². The second kappa shape index (κ2) is 8.75. The summed E-state index contributed by atoms with van der Waals surface area (Å²) in [6.45, 7) is 13.1. The number of allylic oxidation sites excluding steroid dienone is 1. The van der Waals surface area contributed by atoms with Crippen LogP contribution >= 0.6 is 11.6 Å². The smallest absolute Gasteiger partial charge is 0.0412 e. The van der Waals surface area contributed by atoms with Crippen LogP contribution in [0.3, 0.4) is 0 Å². The third-order valence-corrected chi connectivity index (χ3v) is 4.38. The van der Waals surface area contributed by atoms with Gasteiger partial charge in [0, 0.05) is 22.8 Å². The minimum absolute atomic E-state index is 0.743. The fourth-order valence-electron chi connectivity index (χ4n) is 2.62. The molecule has 24 heavy (non-hydrogen) atoms. The molecule has 2 aromatic carbocycles. The molecule has 0 spiro atoms. The molecule has 0 unspecified atom stereocenters. The van der Waals surface area contributed by atoms with Crippen LogP contribution in [-0.2, 0) is 19.4 Å². The van der Waals surface area contributed by atoms with Gasteiger partial charge in [-0.05, 0) is 55.0 Å². The molecule has 0 aliphatic rings. The zero-order valence-corrected chi connectivity index (χ0v) is 15.4. The highest BCUT2D eigenvalue weighted by molar-refractivity contribution is 6.30. The van der Waals surface area contributed by atoms with Gasteiger partial charge in [0.05, 0.1) is 0 Å². The zero-order valence-electron chi connectivity index (χ0n) is 14.7. The molecule has 0 heterocycles. The Morgan fingerprint density at radius 3 is 2.33 bits per heavy atom. The predicted octanol–water partition coefficient (Wildman–Crippen LogP) is 6.17. The first-order chi connectivity index (χ1) is 11.5. The molecular weight excluding hydrogens is 314 g/mol. The van der Waals surface area contributed by atoms with E-state index in [0.29, 0.717) is 0 Å². The molecule has 0 saturated heterocycles. The van der Waals surface area contributed by atoms with E-state index >= 15 is 0 Å². The van der Waals surface area contributed by atoms with E-state index in [1.807, 2.05) is 12.1 Å². The fourth-order valence-corrected chi connectivity index (χ4v) is 2.80. The molecule has 0 aromatic heterocycles. The quantitative estimate of drug-likeness (QED) is 0.567. The Labute approximate surface area is 151 Å². The van der Waals surface area contributed by atoms with Gasteiger partial charge in [0.1, 0.15) is 0 Å². The zero-order chi connectivity index (χ0) is 17.5. The number of hydrogen-bond acceptors (Lipinski definition) is 1. The van der Waals surface area contributed by atoms with Crippen molar-refractivity contribution in [3.8, 4) is 0 Å². The summed E-state index contributed by atoms with van der Waals surface area (Å²) in [4.78, 5) is 0. The molecule has 0 radical (unpaired) electrons. The number of rotatable bonds is 8. The average molecular weight is 340 g/mol. The fraction of sp³-hybridized carbons (Fsp3) is 0.273. The molecule has 2 rings (SSSR count). The van der Waals surface area contributed by atoms with Gasteiger partial charge in [-0.15, -0.1) is 6.58 Å². The number of benzene rings is 2. The maximum absolute atomic E-state index is 6.13. The van der Waals surface area contributed by atoms with E-state index in [4.69, 9.17) is 11.6 Å². The maximum Gasteiger partial charge on any atom is 0.0412 e. The topological polar surface area (TPSA) is 12.0 Å². The molecule has 126 valence electrons. The molecular formula is C22H26ClN. The lowest BCUT2D eigenvalue weighted by Crippen LogP contribution is -2.12. The van der Waals surface area contributed by atoms with Gasteiger partial charge in [0.2, 0.25) is 0 Å². The second-order valence-corrected chi connectivity index (χ2v) is 6.70. The normalized spacial score (nSPS) is 10.5. The Morgan fingerprint density at radius 1 is 1.04 bits per heavy atom. The lowest BCUT2D eigenvalue weighted by atomic mass is 10.0. The monoisotopic (exact) mass is 339 g/mol. The Hall–Kier alpha value is -1.99. The van der Waals surface area contributed by atoms with Crippen molar-refractivity contribution in [3.63, 3.8) is 0 Å². The van der Waals surface area contributed by atoms with Crippen LogP contribution in [0.15, 0.2) is 61.2 Å². The molecule has 1 N–H and O–H groups in total. The number of halogens is 1. The highest BCUT2D eigenvalue weighted by Crippen LogP contribution is 2.22. The van der Waals surface area contributed by atoms with Crippen LogP contribution in [-0.4, -0.2) is 0 Å². The van der Waals surface area contributed by atoms with Crippen molar-refractivity contribution >= 4 is 17.3 Å². The summed E-state index contributed by atoms with van der Waals surface area (Å²) < 4.78 is 0. The Bertz CT molecular complexity index is 713. The molecule has 0 aliphatic carbocycles. The van der Waals surface area contributed by atoms with Gasteiger partial charge in [-0.3, -0.25) is 0 Å². The van der Waals surface area contributed by atoms with Crippen molar-refractivity contribution < 1.29 is 0 Å². The largest absolute Gasteiger partial charge is 0.381 e. The van der Waals surface area contributed by atoms with Crippen LogP contribution in [0.2, 0.25) is 5.02 Å². The summed E-state index contributed by atoms with van der Waals surface area (Å²) in [7, 11) is 0. The van der Waals surface area contributed by atoms with Crippen molar-refractivity contribution in [2.24, 2.45) is 0 Å². The molecule has 2 heteroatoms. The Balaban J connectivity index is 1.96. The van der Waals surface area contributed by atoms with Crippen molar-refractivity contribution in [1.82, 2.24) is 5.32 Å². The van der Waals surface area contributed by atoms with Crippen LogP contribution in [0.5, 0.6) is 0 Å². The minimum atomic E-state index is 0.743. The highest BCUT2D eigenvalue weighted by atomic mass is 35.5. The van der Waals surface area contributed by atoms with E-state index in [2.05, 4.69) is 62.7 Å². The molecule has 2 aromatic rings. The molecule has 0 amide bonds. The lowest BCUT2D eigenvalue weighted by Gasteiger charge is -2.14. The van der Waals surface area contributed by atoms with E-state index in [9.17, 15) is 0 Å². The van der Waals surface area contributed by atoms with E-state index < -0.39 is 0 Å². The van der Waals surface area contributed by atoms with E-state index in [0.717, 1.165) is 42.1 Å². The van der Waals surface area contributed by atoms with Crippen LogP contribution in [0, 0.1) is 0 Å². The van der Waals surface area contributed by atoms with Crippen LogP contribution in [0.1, 0.15) is 42.5 Å². The Morgan fingerprint density at radius 2 is 1.71 bits per heavy atom. The van der Waals surface area contributed by atoms with Gasteiger partial charge in [-0.25, -0.2) is 0 Å². The predicted molar refractivity (Wildman–Crippen MR) is 106 cm³/mol. The summed E-state index contributed by atoms with van der Waals surface area (Å²) >= 11 is 6.13. The van der Waals surface area contributed by atoms with Crippen LogP contribution in [0.25, 0.3) is 5.70 Å². The van der Waals surface area contributed by atoms with Crippen molar-refractivity contribution in [2.75, 3.05) is 0 Å². The molecule has 0 saturated carbocycles. The van der Waals surface area contributed by atoms with Gasteiger partial charge in [-0.1, -0.05) is 61.0 Å². The first-order valence-corrected chi connectivity index (χ1v) is 8.81. The minimum Gasteiger partial charge on any atom is -0.381 e. The van der Waals surface area contributed by atoms with E-state index in [1.165, 1.54) is 22.3 Å². The van der Waals surface area contributed by atoms with Crippen LogP contribution in [0.4, 0.5) is 0 Å². The van der Waals surface area contributed by atoms with Gasteiger partial charge in [-0.2, -0.15) is 0 Å². The molecule has 0 aliphatic heterocycles. The third kappa shape index (κ3) is 5.28. The Kier molecular flexibility index (Phi) is 6.69. The first kappa shape index (κ1) is 18.4. The second-order valence-electron chi connectivity index (χ2n) is 6.26. The summed E-state index contributed by atoms with van der Waals surface area (Å²) in [6.07, 6.45) is 3.06. The van der Waals surface area contributed by atoms with Gasteiger partial charge in [0.15, 0.2) is 0 Å². The molecule has 1 nitrogen and oxygen atoms in total. The lowest BCUT2D eigenvalue weighted by molar-refractivity contribution is 0.883. The van der Waals surface area contributed by atoms with Gasteiger partial charge >= 0.3 is 0 Å². The molecule has 0 atom stereocenters. The summed E-state index contributed by atoms with van der Waals surface area (Å²) in [5.74, 6) is 0. The standard InChI is InChI=1S/C22H26ClN/c1-5-20-12-13-21(23)14-22(20)17(4)24-15-19-10-8-18(9-11-19)7-6-16(2)3/h8-14,24H,2,4-7,15H2,1,3H3. The average Bonchev–Trinajstić information content (AvgIpc) is 2.58. The van der Waals surface area contributed by atoms with E-state index in [-0.39, 0.29) is 0 Å². The van der Waals surface area contributed by atoms with Gasteiger partial charge < -0.3 is 5.32 Å². The van der Waals surface area contributed by atoms with Crippen molar-refractivity contribution in [2.45, 2.75) is 39.7 Å². The van der Waals surface area contributed by atoms with Crippen molar-refractivity contribution in [3.05, 3.63) is 88.5 Å². The third-order valence-electron chi connectivity index (χ3n) is 4.15. The van der Waals surface area contributed by atoms with E-state index in [1.54, 1.807) is 0 Å². The summed E-state index contributed by atoms with van der Waals surface area (Å²) in [5.41, 5.74) is 7.10. The van der Waals surface area contributed by atoms with Gasteiger partial charge in [0.25, 0.3) is 0 Å². The number of aryl methyl sites for hydroxylation is 2. The summed E-state index contributed by atoms with van der Waals surface area (Å²) in [5, 5.41) is 4.16. The molecule has 0 fully saturated rings. The highest BCUT2D eigenvalue weighted by Gasteiger charge is 2.06. The SMILES string of the molecule is C=C(C)CCc1ccc(CNC(=C)c2cc(Cl)ccc2CC)cc1. The number of hydrogen-bond donors (Lipinski definition) is 1. The summed E-state index contributed by atoms with van der Waals surface area (Å²) in [6, 6.07) is 14.7. The maximum atomic E-state index is 6.13. The van der Waals surface area contributed by atoms with Crippen LogP contribution < -0.4 is 5.32 Å².